The Bertz CT molecular complexity index is 1020. The Morgan fingerprint density at radius 3 is 2.57 bits per heavy atom. The van der Waals surface area contributed by atoms with E-state index in [9.17, 15) is 9.59 Å². The number of ether oxygens (including phenoxy) is 1. The van der Waals surface area contributed by atoms with Crippen LogP contribution < -0.4 is 15.0 Å². The minimum atomic E-state index is -0.443. The molecule has 1 amide bonds. The SMILES string of the molecule is CN(CCOc1ccc(CC2NC(=O)SC2=O)cc1)c1nc(-c2ccccc2)cs1. The highest BCUT2D eigenvalue weighted by molar-refractivity contribution is 8.26. The van der Waals surface area contributed by atoms with Crippen molar-refractivity contribution in [2.45, 2.75) is 12.5 Å². The molecule has 1 atom stereocenters. The number of nitrogens with one attached hydrogen (secondary N) is 1. The minimum absolute atomic E-state index is 0.124. The third-order valence-electron chi connectivity index (χ3n) is 4.72. The van der Waals surface area contributed by atoms with Crippen LogP contribution in [-0.4, -0.2) is 41.6 Å². The van der Waals surface area contributed by atoms with Crippen molar-refractivity contribution in [3.8, 4) is 17.0 Å². The van der Waals surface area contributed by atoms with E-state index in [2.05, 4.69) is 27.7 Å². The summed E-state index contributed by atoms with van der Waals surface area (Å²) in [6, 6.07) is 17.3. The molecule has 8 heteroatoms. The quantitative estimate of drug-likeness (QED) is 0.567. The zero-order valence-corrected chi connectivity index (χ0v) is 18.0. The number of nitrogens with zero attached hydrogens (tertiary/aromatic N) is 2. The number of aromatic nitrogens is 1. The molecule has 0 spiro atoms. The smallest absolute Gasteiger partial charge is 0.287 e. The second-order valence-electron chi connectivity index (χ2n) is 6.90. The van der Waals surface area contributed by atoms with E-state index < -0.39 is 6.04 Å². The van der Waals surface area contributed by atoms with Gasteiger partial charge in [0.15, 0.2) is 5.13 Å². The topological polar surface area (TPSA) is 71.5 Å². The normalized spacial score (nSPS) is 15.8. The highest BCUT2D eigenvalue weighted by atomic mass is 32.2. The first-order valence-corrected chi connectivity index (χ1v) is 11.2. The third-order valence-corrected chi connectivity index (χ3v) is 6.46. The molecule has 0 bridgehead atoms. The molecule has 2 heterocycles. The Labute approximate surface area is 183 Å². The Balaban J connectivity index is 1.25. The molecule has 1 saturated heterocycles. The lowest BCUT2D eigenvalue weighted by atomic mass is 10.1. The van der Waals surface area contributed by atoms with E-state index in [-0.39, 0.29) is 10.4 Å². The molecular weight excluding hydrogens is 418 g/mol. The first kappa shape index (κ1) is 20.4. The Kier molecular flexibility index (Phi) is 6.35. The lowest BCUT2D eigenvalue weighted by Gasteiger charge is -2.16. The first-order chi connectivity index (χ1) is 14.6. The second-order valence-corrected chi connectivity index (χ2v) is 8.72. The molecule has 154 valence electrons. The molecule has 4 rings (SSSR count). The van der Waals surface area contributed by atoms with Crippen LogP contribution in [0.25, 0.3) is 11.3 Å². The van der Waals surface area contributed by atoms with E-state index >= 15 is 0 Å². The summed E-state index contributed by atoms with van der Waals surface area (Å²) in [7, 11) is 2.00. The summed E-state index contributed by atoms with van der Waals surface area (Å²) >= 11 is 2.36. The van der Waals surface area contributed by atoms with Gasteiger partial charge >= 0.3 is 0 Å². The average molecular weight is 440 g/mol. The van der Waals surface area contributed by atoms with Gasteiger partial charge in [-0.05, 0) is 17.7 Å². The average Bonchev–Trinajstić information content (AvgIpc) is 3.37. The van der Waals surface area contributed by atoms with Crippen LogP contribution in [0.5, 0.6) is 5.75 Å². The van der Waals surface area contributed by atoms with Crippen molar-refractivity contribution < 1.29 is 14.3 Å². The number of carbonyl (C=O) groups excluding carboxylic acids is 2. The van der Waals surface area contributed by atoms with Crippen molar-refractivity contribution >= 4 is 38.6 Å². The van der Waals surface area contributed by atoms with Crippen molar-refractivity contribution in [3.05, 3.63) is 65.5 Å². The van der Waals surface area contributed by atoms with E-state index in [1.54, 1.807) is 11.3 Å². The van der Waals surface area contributed by atoms with Crippen molar-refractivity contribution in [1.82, 2.24) is 10.3 Å². The van der Waals surface area contributed by atoms with E-state index in [1.165, 1.54) is 0 Å². The molecule has 1 aliphatic heterocycles. The maximum Gasteiger partial charge on any atom is 0.287 e. The fourth-order valence-corrected chi connectivity index (χ4v) is 4.56. The molecule has 3 aromatic rings. The van der Waals surface area contributed by atoms with Gasteiger partial charge in [-0.2, -0.15) is 0 Å². The fourth-order valence-electron chi connectivity index (χ4n) is 3.06. The molecular formula is C22H21N3O3S2. The summed E-state index contributed by atoms with van der Waals surface area (Å²) < 4.78 is 5.85. The van der Waals surface area contributed by atoms with Gasteiger partial charge in [-0.25, -0.2) is 4.98 Å². The molecule has 1 aliphatic rings. The molecule has 1 unspecified atom stereocenters. The maximum atomic E-state index is 11.7. The summed E-state index contributed by atoms with van der Waals surface area (Å²) in [4.78, 5) is 29.8. The molecule has 1 fully saturated rings. The molecule has 2 aromatic carbocycles. The van der Waals surface area contributed by atoms with Crippen molar-refractivity contribution in [2.75, 3.05) is 25.1 Å². The molecule has 0 radical (unpaired) electrons. The van der Waals surface area contributed by atoms with Crippen LogP contribution >= 0.6 is 23.1 Å². The number of likely N-dealkylation sites (N-methyl/N-ethyl adjacent to an activating group) is 1. The van der Waals surface area contributed by atoms with Crippen LogP contribution in [0.15, 0.2) is 60.0 Å². The van der Waals surface area contributed by atoms with Crippen LogP contribution in [0.1, 0.15) is 5.56 Å². The van der Waals surface area contributed by atoms with E-state index in [1.807, 2.05) is 49.5 Å². The number of carbonyl (C=O) groups is 2. The largest absolute Gasteiger partial charge is 0.492 e. The van der Waals surface area contributed by atoms with Gasteiger partial charge in [-0.1, -0.05) is 42.5 Å². The summed E-state index contributed by atoms with van der Waals surface area (Å²) in [6.45, 7) is 1.24. The van der Waals surface area contributed by atoms with Crippen molar-refractivity contribution in [3.63, 3.8) is 0 Å². The van der Waals surface area contributed by atoms with Gasteiger partial charge in [-0.15, -0.1) is 11.3 Å². The highest BCUT2D eigenvalue weighted by Gasteiger charge is 2.31. The fraction of sp³-hybridized carbons (Fsp3) is 0.227. The summed E-state index contributed by atoms with van der Waals surface area (Å²) in [5.41, 5.74) is 3.08. The van der Waals surface area contributed by atoms with Gasteiger partial charge in [0.1, 0.15) is 18.4 Å². The van der Waals surface area contributed by atoms with Crippen LogP contribution in [-0.2, 0) is 11.2 Å². The zero-order chi connectivity index (χ0) is 20.9. The number of hydrogen-bond acceptors (Lipinski definition) is 7. The summed E-state index contributed by atoms with van der Waals surface area (Å²) in [5, 5.41) is 5.30. The minimum Gasteiger partial charge on any atom is -0.492 e. The molecule has 1 N–H and O–H groups in total. The first-order valence-electron chi connectivity index (χ1n) is 9.54. The van der Waals surface area contributed by atoms with Crippen molar-refractivity contribution in [2.24, 2.45) is 0 Å². The molecule has 1 aromatic heterocycles. The van der Waals surface area contributed by atoms with E-state index in [4.69, 9.17) is 9.72 Å². The molecule has 6 nitrogen and oxygen atoms in total. The van der Waals surface area contributed by atoms with Gasteiger partial charge in [0.05, 0.1) is 12.2 Å². The molecule has 0 saturated carbocycles. The highest BCUT2D eigenvalue weighted by Crippen LogP contribution is 2.26. The van der Waals surface area contributed by atoms with Gasteiger partial charge in [-0.3, -0.25) is 9.59 Å². The number of thioether (sulfide) groups is 1. The van der Waals surface area contributed by atoms with E-state index in [0.717, 1.165) is 39.5 Å². The number of rotatable bonds is 8. The lowest BCUT2D eigenvalue weighted by Crippen LogP contribution is -2.30. The van der Waals surface area contributed by atoms with Gasteiger partial charge in [0.25, 0.3) is 5.24 Å². The molecule has 30 heavy (non-hydrogen) atoms. The van der Waals surface area contributed by atoms with Crippen molar-refractivity contribution in [1.29, 1.82) is 0 Å². The standard InChI is InChI=1S/C22H21N3O3S2/c1-25(21-23-19(14-29-21)16-5-3-2-4-6-16)11-12-28-17-9-7-15(8-10-17)13-18-20(26)30-22(27)24-18/h2-10,14,18H,11-13H2,1H3,(H,24,27). The van der Waals surface area contributed by atoms with Crippen LogP contribution in [0.3, 0.4) is 0 Å². The summed E-state index contributed by atoms with van der Waals surface area (Å²) in [5.74, 6) is 0.771. The second kappa shape index (κ2) is 9.32. The monoisotopic (exact) mass is 439 g/mol. The predicted molar refractivity (Wildman–Crippen MR) is 121 cm³/mol. The molecule has 0 aliphatic carbocycles. The number of anilines is 1. The van der Waals surface area contributed by atoms with Crippen LogP contribution in [0.4, 0.5) is 9.93 Å². The van der Waals surface area contributed by atoms with Gasteiger partial charge in [0.2, 0.25) is 5.12 Å². The number of thiazole rings is 1. The number of amides is 1. The van der Waals surface area contributed by atoms with Crippen LogP contribution in [0.2, 0.25) is 0 Å². The van der Waals surface area contributed by atoms with E-state index in [0.29, 0.717) is 19.6 Å². The predicted octanol–water partition coefficient (Wildman–Crippen LogP) is 4.22. The zero-order valence-electron chi connectivity index (χ0n) is 16.4. The Morgan fingerprint density at radius 2 is 1.87 bits per heavy atom. The maximum absolute atomic E-state index is 11.7. The Morgan fingerprint density at radius 1 is 1.10 bits per heavy atom. The number of benzene rings is 2. The number of hydrogen-bond donors (Lipinski definition) is 1. The Hall–Kier alpha value is -2.84. The summed E-state index contributed by atoms with van der Waals surface area (Å²) in [6.07, 6.45) is 0.494. The lowest BCUT2D eigenvalue weighted by molar-refractivity contribution is -0.112. The van der Waals surface area contributed by atoms with Gasteiger partial charge < -0.3 is 15.0 Å². The van der Waals surface area contributed by atoms with Gasteiger partial charge in [0, 0.05) is 36.2 Å². The van der Waals surface area contributed by atoms with Crippen LogP contribution in [0, 0.1) is 0 Å². The third kappa shape index (κ3) is 5.01.